The maximum absolute atomic E-state index is 12.2. The van der Waals surface area contributed by atoms with Gasteiger partial charge in [-0.25, -0.2) is 13.4 Å². The highest BCUT2D eigenvalue weighted by Crippen LogP contribution is 2.19. The predicted molar refractivity (Wildman–Crippen MR) is 101 cm³/mol. The number of nitrogens with zero attached hydrogens (tertiary/aromatic N) is 2. The summed E-state index contributed by atoms with van der Waals surface area (Å²) < 4.78 is 26.9. The van der Waals surface area contributed by atoms with Crippen molar-refractivity contribution in [2.45, 2.75) is 4.90 Å². The van der Waals surface area contributed by atoms with E-state index in [4.69, 9.17) is 0 Å². The van der Waals surface area contributed by atoms with Crippen LogP contribution in [-0.2, 0) is 10.0 Å². The van der Waals surface area contributed by atoms with Gasteiger partial charge in [-0.3, -0.25) is 14.5 Å². The summed E-state index contributed by atoms with van der Waals surface area (Å²) in [6, 6.07) is 9.51. The van der Waals surface area contributed by atoms with Crippen molar-refractivity contribution >= 4 is 38.0 Å². The Morgan fingerprint density at radius 1 is 1.12 bits per heavy atom. The highest BCUT2D eigenvalue weighted by atomic mass is 32.2. The molecule has 0 fully saturated rings. The molecule has 3 aromatic rings. The third-order valence-electron chi connectivity index (χ3n) is 3.25. The molecule has 9 heteroatoms. The first-order valence-corrected chi connectivity index (χ1v) is 9.81. The molecule has 2 N–H and O–H groups in total. The second-order valence-electron chi connectivity index (χ2n) is 5.05. The Bertz CT molecular complexity index is 1000. The standard InChI is InChI=1S/C17H14N4O3S2/c22-16(13-2-1-8-18-12-13)7-9-19-14-3-5-15(6-4-14)26(23,24)21-17-20-10-11-25-17/h1-12,19H,(H,20,21)/b9-7-. The van der Waals surface area contributed by atoms with Crippen molar-refractivity contribution in [3.05, 3.63) is 78.2 Å². The summed E-state index contributed by atoms with van der Waals surface area (Å²) in [5.41, 5.74) is 1.13. The number of rotatable bonds is 7. The molecule has 0 saturated heterocycles. The zero-order chi connectivity index (χ0) is 18.4. The van der Waals surface area contributed by atoms with Crippen molar-refractivity contribution in [3.63, 3.8) is 0 Å². The topological polar surface area (TPSA) is 101 Å². The van der Waals surface area contributed by atoms with Crippen molar-refractivity contribution < 1.29 is 13.2 Å². The molecule has 26 heavy (non-hydrogen) atoms. The number of allylic oxidation sites excluding steroid dienone is 1. The fraction of sp³-hybridized carbons (Fsp3) is 0. The summed E-state index contributed by atoms with van der Waals surface area (Å²) in [5, 5.41) is 4.92. The second kappa shape index (κ2) is 7.89. The number of aromatic nitrogens is 2. The molecule has 0 aliphatic heterocycles. The highest BCUT2D eigenvalue weighted by molar-refractivity contribution is 7.93. The summed E-state index contributed by atoms with van der Waals surface area (Å²) in [5.74, 6) is -0.183. The molecule has 7 nitrogen and oxygen atoms in total. The number of anilines is 2. The molecular formula is C17H14N4O3S2. The minimum atomic E-state index is -3.68. The number of hydrogen-bond acceptors (Lipinski definition) is 7. The normalized spacial score (nSPS) is 11.4. The molecule has 0 saturated carbocycles. The second-order valence-corrected chi connectivity index (χ2v) is 7.63. The molecule has 0 unspecified atom stereocenters. The number of carbonyl (C=O) groups excluding carboxylic acids is 1. The number of hydrogen-bond donors (Lipinski definition) is 2. The van der Waals surface area contributed by atoms with Crippen LogP contribution in [0.5, 0.6) is 0 Å². The van der Waals surface area contributed by atoms with E-state index in [0.29, 0.717) is 16.4 Å². The lowest BCUT2D eigenvalue weighted by Gasteiger charge is -2.06. The Hall–Kier alpha value is -3.04. The van der Waals surface area contributed by atoms with Crippen LogP contribution in [0, 0.1) is 0 Å². The van der Waals surface area contributed by atoms with Crippen LogP contribution in [0.2, 0.25) is 0 Å². The average Bonchev–Trinajstić information content (AvgIpc) is 3.15. The minimum Gasteiger partial charge on any atom is -0.362 e. The Morgan fingerprint density at radius 2 is 1.92 bits per heavy atom. The van der Waals surface area contributed by atoms with Crippen LogP contribution < -0.4 is 10.0 Å². The first-order chi connectivity index (χ1) is 12.5. The van der Waals surface area contributed by atoms with Crippen molar-refractivity contribution in [1.29, 1.82) is 0 Å². The molecule has 0 aliphatic rings. The summed E-state index contributed by atoms with van der Waals surface area (Å²) in [4.78, 5) is 19.8. The van der Waals surface area contributed by atoms with Crippen LogP contribution in [0.25, 0.3) is 0 Å². The molecule has 132 valence electrons. The molecular weight excluding hydrogens is 372 g/mol. The van der Waals surface area contributed by atoms with Gasteiger partial charge in [0, 0.05) is 47.5 Å². The lowest BCUT2D eigenvalue weighted by Crippen LogP contribution is -2.12. The largest absolute Gasteiger partial charge is 0.362 e. The number of sulfonamides is 1. The summed E-state index contributed by atoms with van der Waals surface area (Å²) in [7, 11) is -3.68. The number of thiazole rings is 1. The molecule has 0 atom stereocenters. The quantitative estimate of drug-likeness (QED) is 0.478. The van der Waals surface area contributed by atoms with Gasteiger partial charge in [0.25, 0.3) is 10.0 Å². The van der Waals surface area contributed by atoms with Crippen LogP contribution in [0.3, 0.4) is 0 Å². The number of benzene rings is 1. The van der Waals surface area contributed by atoms with Gasteiger partial charge in [-0.05, 0) is 36.4 Å². The SMILES string of the molecule is O=C(/C=C\Nc1ccc(S(=O)(=O)Nc2nccs2)cc1)c1cccnc1. The van der Waals surface area contributed by atoms with Gasteiger partial charge in [-0.15, -0.1) is 11.3 Å². The van der Waals surface area contributed by atoms with E-state index < -0.39 is 10.0 Å². The van der Waals surface area contributed by atoms with Crippen molar-refractivity contribution in [1.82, 2.24) is 9.97 Å². The zero-order valence-electron chi connectivity index (χ0n) is 13.4. The Morgan fingerprint density at radius 3 is 2.58 bits per heavy atom. The first kappa shape index (κ1) is 17.8. The van der Waals surface area contributed by atoms with Gasteiger partial charge in [0.15, 0.2) is 10.9 Å². The van der Waals surface area contributed by atoms with Gasteiger partial charge in [0.05, 0.1) is 4.90 Å². The average molecular weight is 386 g/mol. The van der Waals surface area contributed by atoms with Gasteiger partial charge in [-0.2, -0.15) is 0 Å². The summed E-state index contributed by atoms with van der Waals surface area (Å²) >= 11 is 1.20. The zero-order valence-corrected chi connectivity index (χ0v) is 15.0. The number of ketones is 1. The van der Waals surface area contributed by atoms with E-state index in [2.05, 4.69) is 20.0 Å². The summed E-state index contributed by atoms with van der Waals surface area (Å²) in [6.07, 6.45) is 7.48. The Balaban J connectivity index is 1.63. The number of pyridine rings is 1. The van der Waals surface area contributed by atoms with E-state index in [9.17, 15) is 13.2 Å². The number of nitrogens with one attached hydrogen (secondary N) is 2. The van der Waals surface area contributed by atoms with Crippen molar-refractivity contribution in [3.8, 4) is 0 Å². The van der Waals surface area contributed by atoms with E-state index in [-0.39, 0.29) is 10.7 Å². The van der Waals surface area contributed by atoms with E-state index in [1.807, 2.05) is 0 Å². The molecule has 1 aromatic carbocycles. The Labute approximate surface area is 154 Å². The van der Waals surface area contributed by atoms with Gasteiger partial charge >= 0.3 is 0 Å². The number of carbonyl (C=O) groups is 1. The van der Waals surface area contributed by atoms with Crippen LogP contribution in [0.1, 0.15) is 10.4 Å². The van der Waals surface area contributed by atoms with E-state index in [1.54, 1.807) is 35.8 Å². The minimum absolute atomic E-state index is 0.119. The fourth-order valence-electron chi connectivity index (χ4n) is 2.00. The molecule has 0 radical (unpaired) electrons. The molecule has 0 bridgehead atoms. The third kappa shape index (κ3) is 4.52. The van der Waals surface area contributed by atoms with E-state index in [1.165, 1.54) is 48.1 Å². The molecule has 2 aromatic heterocycles. The van der Waals surface area contributed by atoms with E-state index in [0.717, 1.165) is 0 Å². The molecule has 2 heterocycles. The molecule has 3 rings (SSSR count). The van der Waals surface area contributed by atoms with Crippen LogP contribution in [0.4, 0.5) is 10.8 Å². The lowest BCUT2D eigenvalue weighted by atomic mass is 10.2. The van der Waals surface area contributed by atoms with Crippen molar-refractivity contribution in [2.75, 3.05) is 10.0 Å². The molecule has 0 spiro atoms. The predicted octanol–water partition coefficient (Wildman–Crippen LogP) is 3.15. The monoisotopic (exact) mass is 386 g/mol. The molecule has 0 amide bonds. The maximum atomic E-state index is 12.2. The maximum Gasteiger partial charge on any atom is 0.263 e. The van der Waals surface area contributed by atoms with Gasteiger partial charge in [0.2, 0.25) is 0 Å². The van der Waals surface area contributed by atoms with Crippen LogP contribution >= 0.6 is 11.3 Å². The fourth-order valence-corrected chi connectivity index (χ4v) is 3.79. The Kier molecular flexibility index (Phi) is 5.40. The third-order valence-corrected chi connectivity index (χ3v) is 5.42. The van der Waals surface area contributed by atoms with Crippen LogP contribution in [0.15, 0.2) is 77.5 Å². The van der Waals surface area contributed by atoms with Gasteiger partial charge in [0.1, 0.15) is 0 Å². The van der Waals surface area contributed by atoms with Crippen molar-refractivity contribution in [2.24, 2.45) is 0 Å². The first-order valence-electron chi connectivity index (χ1n) is 7.44. The highest BCUT2D eigenvalue weighted by Gasteiger charge is 2.15. The summed E-state index contributed by atoms with van der Waals surface area (Å²) in [6.45, 7) is 0. The van der Waals surface area contributed by atoms with Gasteiger partial charge < -0.3 is 5.32 Å². The lowest BCUT2D eigenvalue weighted by molar-refractivity contribution is 0.104. The van der Waals surface area contributed by atoms with Gasteiger partial charge in [-0.1, -0.05) is 0 Å². The molecule has 0 aliphatic carbocycles. The van der Waals surface area contributed by atoms with E-state index >= 15 is 0 Å². The smallest absolute Gasteiger partial charge is 0.263 e. The van der Waals surface area contributed by atoms with Crippen LogP contribution in [-0.4, -0.2) is 24.2 Å².